The van der Waals surface area contributed by atoms with Crippen LogP contribution in [0.4, 0.5) is 5.69 Å². The van der Waals surface area contributed by atoms with Gasteiger partial charge >= 0.3 is 0 Å². The van der Waals surface area contributed by atoms with E-state index in [-0.39, 0.29) is 23.8 Å². The first-order valence-electron chi connectivity index (χ1n) is 7.40. The summed E-state index contributed by atoms with van der Waals surface area (Å²) in [6.45, 7) is 3.62. The quantitative estimate of drug-likeness (QED) is 0.766. The van der Waals surface area contributed by atoms with Crippen LogP contribution in [0, 0.1) is 13.8 Å². The number of nitrogens with one attached hydrogen (secondary N) is 2. The molecule has 5 nitrogen and oxygen atoms in total. The highest BCUT2D eigenvalue weighted by Gasteiger charge is 2.17. The SMILES string of the molecule is Cc1ccc(C)c(S(=O)(=O)NCCC(=O)Nc2cccc(Br)c2)c1. The topological polar surface area (TPSA) is 75.3 Å². The fraction of sp³-hybridized carbons (Fsp3) is 0.235. The monoisotopic (exact) mass is 410 g/mol. The summed E-state index contributed by atoms with van der Waals surface area (Å²) >= 11 is 3.33. The van der Waals surface area contributed by atoms with Crippen LogP contribution in [0.2, 0.25) is 0 Å². The Morgan fingerprint density at radius 2 is 1.88 bits per heavy atom. The van der Waals surface area contributed by atoms with Crippen LogP contribution in [0.1, 0.15) is 17.5 Å². The van der Waals surface area contributed by atoms with Gasteiger partial charge in [-0.2, -0.15) is 0 Å². The van der Waals surface area contributed by atoms with E-state index in [9.17, 15) is 13.2 Å². The molecule has 2 rings (SSSR count). The number of amides is 1. The van der Waals surface area contributed by atoms with Gasteiger partial charge in [0.15, 0.2) is 0 Å². The maximum atomic E-state index is 12.3. The highest BCUT2D eigenvalue weighted by Crippen LogP contribution is 2.17. The van der Waals surface area contributed by atoms with Gasteiger partial charge in [-0.3, -0.25) is 4.79 Å². The van der Waals surface area contributed by atoms with Gasteiger partial charge in [0.2, 0.25) is 15.9 Å². The molecule has 0 spiro atoms. The first kappa shape index (κ1) is 18.6. The van der Waals surface area contributed by atoms with Crippen LogP contribution in [-0.2, 0) is 14.8 Å². The van der Waals surface area contributed by atoms with E-state index in [1.807, 2.05) is 25.1 Å². The third kappa shape index (κ3) is 5.15. The second-order valence-corrected chi connectivity index (χ2v) is 8.13. The van der Waals surface area contributed by atoms with Gasteiger partial charge in [0.1, 0.15) is 0 Å². The number of hydrogen-bond donors (Lipinski definition) is 2. The summed E-state index contributed by atoms with van der Waals surface area (Å²) in [4.78, 5) is 12.2. The van der Waals surface area contributed by atoms with Gasteiger partial charge < -0.3 is 5.32 Å². The summed E-state index contributed by atoms with van der Waals surface area (Å²) in [6.07, 6.45) is 0.0522. The van der Waals surface area contributed by atoms with Gasteiger partial charge in [-0.15, -0.1) is 0 Å². The number of anilines is 1. The van der Waals surface area contributed by atoms with Crippen LogP contribution in [0.5, 0.6) is 0 Å². The molecule has 2 aromatic rings. The first-order valence-corrected chi connectivity index (χ1v) is 9.68. The van der Waals surface area contributed by atoms with E-state index in [2.05, 4.69) is 26.0 Å². The average molecular weight is 411 g/mol. The molecule has 0 saturated heterocycles. The van der Waals surface area contributed by atoms with Crippen LogP contribution < -0.4 is 10.0 Å². The fourth-order valence-corrected chi connectivity index (χ4v) is 3.92. The standard InChI is InChI=1S/C17H19BrN2O3S/c1-12-6-7-13(2)16(10-12)24(22,23)19-9-8-17(21)20-15-5-3-4-14(18)11-15/h3-7,10-11,19H,8-9H2,1-2H3,(H,20,21). The third-order valence-electron chi connectivity index (χ3n) is 3.39. The number of hydrogen-bond acceptors (Lipinski definition) is 3. The zero-order valence-corrected chi connectivity index (χ0v) is 15.9. The lowest BCUT2D eigenvalue weighted by Crippen LogP contribution is -2.28. The van der Waals surface area contributed by atoms with E-state index in [0.29, 0.717) is 11.3 Å². The van der Waals surface area contributed by atoms with Crippen molar-refractivity contribution >= 4 is 37.5 Å². The average Bonchev–Trinajstić information content (AvgIpc) is 2.49. The predicted octanol–water partition coefficient (Wildman–Crippen LogP) is 3.37. The number of halogens is 1. The number of benzene rings is 2. The van der Waals surface area contributed by atoms with Crippen molar-refractivity contribution < 1.29 is 13.2 Å². The van der Waals surface area contributed by atoms with Crippen LogP contribution >= 0.6 is 15.9 Å². The van der Waals surface area contributed by atoms with Crippen molar-refractivity contribution in [3.8, 4) is 0 Å². The summed E-state index contributed by atoms with van der Waals surface area (Å²) in [6, 6.07) is 12.5. The van der Waals surface area contributed by atoms with Gasteiger partial charge in [-0.1, -0.05) is 34.1 Å². The van der Waals surface area contributed by atoms with Crippen molar-refractivity contribution in [2.75, 3.05) is 11.9 Å². The van der Waals surface area contributed by atoms with E-state index in [0.717, 1.165) is 10.0 Å². The lowest BCUT2D eigenvalue weighted by atomic mass is 10.2. The molecule has 7 heteroatoms. The minimum atomic E-state index is -3.63. The Bertz CT molecular complexity index is 851. The highest BCUT2D eigenvalue weighted by molar-refractivity contribution is 9.10. The Kier molecular flexibility index (Phi) is 6.15. The Hall–Kier alpha value is -1.70. The molecule has 0 aliphatic heterocycles. The van der Waals surface area contributed by atoms with Crippen molar-refractivity contribution in [1.29, 1.82) is 0 Å². The molecule has 0 saturated carbocycles. The maximum absolute atomic E-state index is 12.3. The smallest absolute Gasteiger partial charge is 0.240 e. The van der Waals surface area contributed by atoms with Crippen molar-refractivity contribution in [2.24, 2.45) is 0 Å². The minimum absolute atomic E-state index is 0.0373. The molecule has 2 aromatic carbocycles. The molecule has 0 unspecified atom stereocenters. The lowest BCUT2D eigenvalue weighted by Gasteiger charge is -2.10. The summed E-state index contributed by atoms with van der Waals surface area (Å²) < 4.78 is 28.0. The molecule has 0 bridgehead atoms. The van der Waals surface area contributed by atoms with Gasteiger partial charge in [0.05, 0.1) is 4.90 Å². The molecule has 0 radical (unpaired) electrons. The molecule has 1 amide bonds. The van der Waals surface area contributed by atoms with Crippen molar-refractivity contribution in [3.05, 3.63) is 58.1 Å². The second kappa shape index (κ2) is 7.92. The van der Waals surface area contributed by atoms with E-state index < -0.39 is 10.0 Å². The molecule has 0 atom stereocenters. The predicted molar refractivity (Wildman–Crippen MR) is 98.5 cm³/mol. The van der Waals surface area contributed by atoms with Gasteiger partial charge in [0.25, 0.3) is 0 Å². The number of sulfonamides is 1. The van der Waals surface area contributed by atoms with E-state index >= 15 is 0 Å². The Labute approximate surface area is 150 Å². The molecule has 0 aliphatic rings. The fourth-order valence-electron chi connectivity index (χ4n) is 2.16. The van der Waals surface area contributed by atoms with Crippen molar-refractivity contribution in [2.45, 2.75) is 25.2 Å². The summed E-state index contributed by atoms with van der Waals surface area (Å²) in [7, 11) is -3.63. The molecular formula is C17H19BrN2O3S. The zero-order valence-electron chi connectivity index (χ0n) is 13.5. The molecule has 24 heavy (non-hydrogen) atoms. The molecule has 0 heterocycles. The highest BCUT2D eigenvalue weighted by atomic mass is 79.9. The van der Waals surface area contributed by atoms with Gasteiger partial charge in [0, 0.05) is 23.1 Å². The first-order chi connectivity index (χ1) is 11.3. The molecule has 0 aliphatic carbocycles. The number of aryl methyl sites for hydroxylation is 2. The molecule has 0 fully saturated rings. The maximum Gasteiger partial charge on any atom is 0.240 e. The van der Waals surface area contributed by atoms with Gasteiger partial charge in [-0.05, 0) is 49.2 Å². The van der Waals surface area contributed by atoms with Crippen LogP contribution in [0.3, 0.4) is 0 Å². The normalized spacial score (nSPS) is 11.3. The van der Waals surface area contributed by atoms with E-state index in [1.54, 1.807) is 31.2 Å². The number of rotatable bonds is 6. The second-order valence-electron chi connectivity index (χ2n) is 5.48. The Morgan fingerprint density at radius 3 is 2.58 bits per heavy atom. The molecule has 2 N–H and O–H groups in total. The summed E-state index contributed by atoms with van der Waals surface area (Å²) in [5.74, 6) is -0.253. The van der Waals surface area contributed by atoms with Crippen LogP contribution in [0.25, 0.3) is 0 Å². The number of carbonyl (C=O) groups excluding carboxylic acids is 1. The molecule has 128 valence electrons. The van der Waals surface area contributed by atoms with E-state index in [4.69, 9.17) is 0 Å². The largest absolute Gasteiger partial charge is 0.326 e. The summed E-state index contributed by atoms with van der Waals surface area (Å²) in [5.41, 5.74) is 2.20. The van der Waals surface area contributed by atoms with E-state index in [1.165, 1.54) is 0 Å². The van der Waals surface area contributed by atoms with Gasteiger partial charge in [-0.25, -0.2) is 13.1 Å². The third-order valence-corrected chi connectivity index (χ3v) is 5.48. The van der Waals surface area contributed by atoms with Crippen LogP contribution in [-0.4, -0.2) is 20.9 Å². The zero-order chi connectivity index (χ0) is 17.7. The van der Waals surface area contributed by atoms with Crippen molar-refractivity contribution in [3.63, 3.8) is 0 Å². The molecular weight excluding hydrogens is 392 g/mol. The van der Waals surface area contributed by atoms with Crippen LogP contribution in [0.15, 0.2) is 51.8 Å². The number of carbonyl (C=O) groups is 1. The lowest BCUT2D eigenvalue weighted by molar-refractivity contribution is -0.116. The minimum Gasteiger partial charge on any atom is -0.326 e. The summed E-state index contributed by atoms with van der Waals surface area (Å²) in [5, 5.41) is 2.73. The Balaban J connectivity index is 1.93. The Morgan fingerprint density at radius 1 is 1.12 bits per heavy atom. The molecule has 0 aromatic heterocycles. The van der Waals surface area contributed by atoms with Crippen molar-refractivity contribution in [1.82, 2.24) is 4.72 Å².